The number of nitrogens with zero attached hydrogens (tertiary/aromatic N) is 1. The molecule has 1 amide bonds. The summed E-state index contributed by atoms with van der Waals surface area (Å²) in [4.78, 5) is 14.3. The maximum Gasteiger partial charge on any atom is 0.410 e. The first-order chi connectivity index (χ1) is 12.9. The molecule has 3 rings (SSSR count). The van der Waals surface area contributed by atoms with Crippen LogP contribution in [0, 0.1) is 0 Å². The first-order valence-electron chi connectivity index (χ1n) is 9.30. The molecule has 0 atom stereocenters. The van der Waals surface area contributed by atoms with E-state index < -0.39 is 0 Å². The van der Waals surface area contributed by atoms with E-state index in [1.807, 2.05) is 27.8 Å². The zero-order valence-electron chi connectivity index (χ0n) is 16.8. The highest BCUT2D eigenvalue weighted by atomic mass is 16.5. The second-order valence-electron chi connectivity index (χ2n) is 7.81. The van der Waals surface area contributed by atoms with Gasteiger partial charge >= 0.3 is 6.09 Å². The van der Waals surface area contributed by atoms with Crippen molar-refractivity contribution in [3.05, 3.63) is 59.7 Å². The molecule has 0 saturated carbocycles. The van der Waals surface area contributed by atoms with Gasteiger partial charge in [0.15, 0.2) is 0 Å². The van der Waals surface area contributed by atoms with Crippen LogP contribution in [0.5, 0.6) is 0 Å². The second kappa shape index (κ2) is 7.57. The van der Waals surface area contributed by atoms with Gasteiger partial charge in [-0.2, -0.15) is 0 Å². The molecule has 0 unspecified atom stereocenters. The Bertz CT molecular complexity index is 916. The van der Waals surface area contributed by atoms with Gasteiger partial charge in [-0.15, -0.1) is 0 Å². The van der Waals surface area contributed by atoms with E-state index in [1.54, 1.807) is 4.90 Å². The van der Waals surface area contributed by atoms with E-state index in [0.717, 1.165) is 12.1 Å². The summed E-state index contributed by atoms with van der Waals surface area (Å²) >= 11 is 0. The molecule has 1 N–H and O–H groups in total. The van der Waals surface area contributed by atoms with Crippen LogP contribution in [0.1, 0.15) is 31.9 Å². The SMILES string of the molecule is CNCc1c2ccccc2c(CN(C(=O)OC)C(C)(C)C)c2ccccc12. The molecule has 0 aliphatic heterocycles. The molecule has 0 aliphatic carbocycles. The van der Waals surface area contributed by atoms with Crippen LogP contribution in [0.3, 0.4) is 0 Å². The first-order valence-corrected chi connectivity index (χ1v) is 9.30. The van der Waals surface area contributed by atoms with Crippen LogP contribution in [0.25, 0.3) is 21.5 Å². The van der Waals surface area contributed by atoms with Crippen LogP contribution in [0.2, 0.25) is 0 Å². The van der Waals surface area contributed by atoms with Crippen molar-refractivity contribution in [1.82, 2.24) is 10.2 Å². The minimum Gasteiger partial charge on any atom is -0.453 e. The highest BCUT2D eigenvalue weighted by Gasteiger charge is 2.28. The number of amides is 1. The predicted octanol–water partition coefficient (Wildman–Crippen LogP) is 5.08. The number of methoxy groups -OCH3 is 1. The third-order valence-electron chi connectivity index (χ3n) is 5.03. The van der Waals surface area contributed by atoms with Gasteiger partial charge in [-0.1, -0.05) is 48.5 Å². The molecule has 0 heterocycles. The number of hydrogen-bond acceptors (Lipinski definition) is 3. The molecule has 0 aliphatic rings. The summed E-state index contributed by atoms with van der Waals surface area (Å²) in [5.41, 5.74) is 2.09. The molecule has 4 heteroatoms. The Morgan fingerprint density at radius 1 is 0.926 bits per heavy atom. The zero-order chi connectivity index (χ0) is 19.6. The van der Waals surface area contributed by atoms with Gasteiger partial charge in [0, 0.05) is 12.1 Å². The van der Waals surface area contributed by atoms with Crippen molar-refractivity contribution in [2.45, 2.75) is 39.4 Å². The fourth-order valence-electron chi connectivity index (χ4n) is 3.69. The van der Waals surface area contributed by atoms with E-state index in [2.05, 4.69) is 53.8 Å². The fourth-order valence-corrected chi connectivity index (χ4v) is 3.69. The lowest BCUT2D eigenvalue weighted by Gasteiger charge is -2.35. The molecule has 0 spiro atoms. The van der Waals surface area contributed by atoms with Crippen molar-refractivity contribution in [2.24, 2.45) is 0 Å². The summed E-state index contributed by atoms with van der Waals surface area (Å²) in [5, 5.41) is 8.10. The van der Waals surface area contributed by atoms with Crippen LogP contribution < -0.4 is 5.32 Å². The lowest BCUT2D eigenvalue weighted by atomic mass is 9.90. The van der Waals surface area contributed by atoms with E-state index >= 15 is 0 Å². The predicted molar refractivity (Wildman–Crippen MR) is 112 cm³/mol. The Balaban J connectivity index is 2.31. The Hall–Kier alpha value is -2.59. The number of fused-ring (bicyclic) bond motifs is 2. The van der Waals surface area contributed by atoms with Gasteiger partial charge in [0.05, 0.1) is 13.7 Å². The van der Waals surface area contributed by atoms with Crippen LogP contribution >= 0.6 is 0 Å². The van der Waals surface area contributed by atoms with Gasteiger partial charge in [-0.05, 0) is 60.5 Å². The largest absolute Gasteiger partial charge is 0.453 e. The van der Waals surface area contributed by atoms with Gasteiger partial charge in [-0.3, -0.25) is 4.90 Å². The molecule has 0 aromatic heterocycles. The highest BCUT2D eigenvalue weighted by molar-refractivity contribution is 6.06. The van der Waals surface area contributed by atoms with Crippen LogP contribution in [-0.4, -0.2) is 30.7 Å². The van der Waals surface area contributed by atoms with E-state index in [1.165, 1.54) is 34.2 Å². The minimum absolute atomic E-state index is 0.310. The van der Waals surface area contributed by atoms with Crippen molar-refractivity contribution in [3.63, 3.8) is 0 Å². The molecule has 27 heavy (non-hydrogen) atoms. The summed E-state index contributed by atoms with van der Waals surface area (Å²) in [6.07, 6.45) is -0.310. The second-order valence-corrected chi connectivity index (χ2v) is 7.81. The van der Waals surface area contributed by atoms with Crippen molar-refractivity contribution >= 4 is 27.6 Å². The van der Waals surface area contributed by atoms with Crippen molar-refractivity contribution < 1.29 is 9.53 Å². The van der Waals surface area contributed by atoms with Crippen LogP contribution in [-0.2, 0) is 17.8 Å². The molecule has 0 fully saturated rings. The third kappa shape index (κ3) is 3.62. The maximum atomic E-state index is 12.5. The number of nitrogens with one attached hydrogen (secondary N) is 1. The molecule has 0 bridgehead atoms. The molecular formula is C23H28N2O2. The lowest BCUT2D eigenvalue weighted by molar-refractivity contribution is 0.0798. The number of carbonyl (C=O) groups is 1. The normalized spacial score (nSPS) is 11.7. The number of carbonyl (C=O) groups excluding carboxylic acids is 1. The summed E-state index contributed by atoms with van der Waals surface area (Å²) < 4.78 is 5.07. The van der Waals surface area contributed by atoms with Gasteiger partial charge in [0.1, 0.15) is 0 Å². The smallest absolute Gasteiger partial charge is 0.410 e. The van der Waals surface area contributed by atoms with Gasteiger partial charge in [0.25, 0.3) is 0 Å². The molecule has 0 saturated heterocycles. The van der Waals surface area contributed by atoms with E-state index in [0.29, 0.717) is 6.54 Å². The summed E-state index contributed by atoms with van der Waals surface area (Å²) in [5.74, 6) is 0. The molecule has 142 valence electrons. The minimum atomic E-state index is -0.348. The van der Waals surface area contributed by atoms with E-state index in [9.17, 15) is 4.79 Å². The van der Waals surface area contributed by atoms with Crippen LogP contribution in [0.15, 0.2) is 48.5 Å². The molecule has 0 radical (unpaired) electrons. The lowest BCUT2D eigenvalue weighted by Crippen LogP contribution is -2.45. The topological polar surface area (TPSA) is 41.6 Å². The summed E-state index contributed by atoms with van der Waals surface area (Å²) in [7, 11) is 3.41. The molecule has 3 aromatic carbocycles. The van der Waals surface area contributed by atoms with Crippen molar-refractivity contribution in [1.29, 1.82) is 0 Å². The zero-order valence-corrected chi connectivity index (χ0v) is 16.8. The standard InChI is InChI=1S/C23H28N2O2/c1-23(2,3)25(22(26)27-5)15-21-18-12-8-6-10-16(18)20(14-24-4)17-11-7-9-13-19(17)21/h6-13,24H,14-15H2,1-5H3. The maximum absolute atomic E-state index is 12.5. The number of ether oxygens (including phenoxy) is 1. The fraction of sp³-hybridized carbons (Fsp3) is 0.348. The first kappa shape index (κ1) is 19.2. The monoisotopic (exact) mass is 364 g/mol. The van der Waals surface area contributed by atoms with Gasteiger partial charge in [-0.25, -0.2) is 4.79 Å². The Morgan fingerprint density at radius 3 is 1.74 bits per heavy atom. The Morgan fingerprint density at radius 2 is 1.37 bits per heavy atom. The molecular weight excluding hydrogens is 336 g/mol. The highest BCUT2D eigenvalue weighted by Crippen LogP contribution is 2.35. The van der Waals surface area contributed by atoms with Gasteiger partial charge < -0.3 is 10.1 Å². The molecule has 4 nitrogen and oxygen atoms in total. The van der Waals surface area contributed by atoms with Crippen molar-refractivity contribution in [3.8, 4) is 0 Å². The quantitative estimate of drug-likeness (QED) is 0.657. The Kier molecular flexibility index (Phi) is 5.38. The van der Waals surface area contributed by atoms with Crippen LogP contribution in [0.4, 0.5) is 4.79 Å². The number of hydrogen-bond donors (Lipinski definition) is 1. The summed E-state index contributed by atoms with van der Waals surface area (Å²) in [6, 6.07) is 16.9. The number of benzene rings is 3. The average molecular weight is 364 g/mol. The van der Waals surface area contributed by atoms with Gasteiger partial charge in [0.2, 0.25) is 0 Å². The van der Waals surface area contributed by atoms with E-state index in [-0.39, 0.29) is 11.6 Å². The molecule has 3 aromatic rings. The summed E-state index contributed by atoms with van der Waals surface area (Å²) in [6.45, 7) is 7.38. The van der Waals surface area contributed by atoms with E-state index in [4.69, 9.17) is 4.74 Å². The number of rotatable bonds is 4. The average Bonchev–Trinajstić information content (AvgIpc) is 2.66. The third-order valence-corrected chi connectivity index (χ3v) is 5.03. The van der Waals surface area contributed by atoms with Crippen molar-refractivity contribution in [2.75, 3.05) is 14.2 Å². The Labute approximate surface area is 161 Å².